The number of anilines is 1. The number of carbonyl (C=O) groups is 2. The molecule has 0 atom stereocenters. The molecule has 1 aromatic rings. The number of hydrogen-bond acceptors (Lipinski definition) is 3. The first kappa shape index (κ1) is 19.1. The highest BCUT2D eigenvalue weighted by Gasteiger charge is 2.19. The minimum absolute atomic E-state index is 0.153. The predicted molar refractivity (Wildman–Crippen MR) is 90.7 cm³/mol. The van der Waals surface area contributed by atoms with Gasteiger partial charge in [0.05, 0.1) is 43.9 Å². The van der Waals surface area contributed by atoms with Crippen molar-refractivity contribution in [2.45, 2.75) is 6.92 Å². The quantitative estimate of drug-likeness (QED) is 0.278. The van der Waals surface area contributed by atoms with Gasteiger partial charge in [-0.05, 0) is 0 Å². The summed E-state index contributed by atoms with van der Waals surface area (Å²) in [7, 11) is 7.18. The topological polar surface area (TPSA) is 73.7 Å². The first-order chi connectivity index (χ1) is 10.6. The first-order valence-electron chi connectivity index (χ1n) is 6.59. The number of rotatable bonds is 2. The van der Waals surface area contributed by atoms with Crippen molar-refractivity contribution in [3.63, 3.8) is 0 Å². The molecule has 23 heavy (non-hydrogen) atoms. The summed E-state index contributed by atoms with van der Waals surface area (Å²) in [6, 6.07) is 2.28. The number of amides is 2. The number of ether oxygens (including phenoxy) is 1. The Labute approximate surface area is 144 Å². The van der Waals surface area contributed by atoms with Crippen LogP contribution >= 0.6 is 23.2 Å². The lowest BCUT2D eigenvalue weighted by atomic mass is 10.3. The average molecular weight is 362 g/mol. The van der Waals surface area contributed by atoms with Gasteiger partial charge >= 0.3 is 18.0 Å². The summed E-state index contributed by atoms with van der Waals surface area (Å²) >= 11 is 12.2. The summed E-state index contributed by atoms with van der Waals surface area (Å²) in [6.45, 7) is 1.27. The first-order valence-corrected chi connectivity index (χ1v) is 7.34. The number of halogens is 2. The van der Waals surface area contributed by atoms with Gasteiger partial charge < -0.3 is 4.74 Å². The highest BCUT2D eigenvalue weighted by molar-refractivity contribution is 6.40. The van der Waals surface area contributed by atoms with E-state index in [1.54, 1.807) is 37.7 Å². The Balaban J connectivity index is 2.95. The van der Waals surface area contributed by atoms with Crippen LogP contribution in [0.25, 0.3) is 0 Å². The SMILES string of the molecule is CC(=O)Oc1cc(Cl)c(NC(=O)NC(N(C)C)=[N+](C)C)c(Cl)c1. The number of urea groups is 1. The van der Waals surface area contributed by atoms with Crippen molar-refractivity contribution in [2.24, 2.45) is 0 Å². The van der Waals surface area contributed by atoms with Gasteiger partial charge in [0.1, 0.15) is 5.75 Å². The Hall–Kier alpha value is -1.99. The van der Waals surface area contributed by atoms with Gasteiger partial charge in [-0.1, -0.05) is 23.2 Å². The molecule has 2 amide bonds. The zero-order valence-corrected chi connectivity index (χ0v) is 15.0. The van der Waals surface area contributed by atoms with Crippen molar-refractivity contribution in [1.82, 2.24) is 10.2 Å². The van der Waals surface area contributed by atoms with Crippen LogP contribution < -0.4 is 15.4 Å². The number of hydrogen-bond donors (Lipinski definition) is 2. The number of esters is 1. The largest absolute Gasteiger partial charge is 0.427 e. The zero-order chi connectivity index (χ0) is 17.7. The molecule has 126 valence electrons. The van der Waals surface area contributed by atoms with Gasteiger partial charge in [0, 0.05) is 19.1 Å². The summed E-state index contributed by atoms with van der Waals surface area (Å²) in [4.78, 5) is 24.8. The van der Waals surface area contributed by atoms with Gasteiger partial charge in [-0.3, -0.25) is 19.6 Å². The fourth-order valence-electron chi connectivity index (χ4n) is 1.76. The van der Waals surface area contributed by atoms with Crippen LogP contribution in [0.1, 0.15) is 6.92 Å². The Morgan fingerprint density at radius 1 is 1.17 bits per heavy atom. The minimum atomic E-state index is -0.508. The second-order valence-corrected chi connectivity index (χ2v) is 5.86. The Bertz CT molecular complexity index is 632. The van der Waals surface area contributed by atoms with Crippen LogP contribution in [0, 0.1) is 0 Å². The van der Waals surface area contributed by atoms with Gasteiger partial charge in [0.25, 0.3) is 0 Å². The van der Waals surface area contributed by atoms with E-state index in [1.165, 1.54) is 19.1 Å². The van der Waals surface area contributed by atoms with Crippen LogP contribution in [0.3, 0.4) is 0 Å². The summed E-state index contributed by atoms with van der Waals surface area (Å²) in [5.74, 6) is 0.283. The van der Waals surface area contributed by atoms with Crippen LogP contribution in [0.2, 0.25) is 10.0 Å². The number of nitrogens with one attached hydrogen (secondary N) is 2. The van der Waals surface area contributed by atoms with E-state index in [-0.39, 0.29) is 21.5 Å². The molecule has 0 aliphatic rings. The summed E-state index contributed by atoms with van der Waals surface area (Å²) in [5.41, 5.74) is 0.221. The standard InChI is InChI=1S/C14H18Cl2N4O3/c1-8(21)23-9-6-10(15)12(11(16)7-9)17-13(22)18-14(19(2)3)20(4)5/h6-7H,1-5H3,(H,17,22)/p+1. The lowest BCUT2D eigenvalue weighted by Gasteiger charge is -2.14. The van der Waals surface area contributed by atoms with Crippen LogP contribution in [-0.4, -0.2) is 55.6 Å². The van der Waals surface area contributed by atoms with Crippen molar-refractivity contribution < 1.29 is 18.9 Å². The van der Waals surface area contributed by atoms with Crippen molar-refractivity contribution in [1.29, 1.82) is 0 Å². The third-order valence-corrected chi connectivity index (χ3v) is 3.18. The van der Waals surface area contributed by atoms with Gasteiger partial charge in [-0.2, -0.15) is 5.32 Å². The number of guanidine groups is 1. The molecule has 0 aromatic heterocycles. The lowest BCUT2D eigenvalue weighted by Crippen LogP contribution is -2.46. The van der Waals surface area contributed by atoms with E-state index in [0.717, 1.165) is 0 Å². The van der Waals surface area contributed by atoms with Crippen molar-refractivity contribution >= 4 is 46.8 Å². The van der Waals surface area contributed by atoms with E-state index in [1.807, 2.05) is 0 Å². The van der Waals surface area contributed by atoms with Crippen molar-refractivity contribution in [3.8, 4) is 5.75 Å². The second kappa shape index (κ2) is 8.03. The summed E-state index contributed by atoms with van der Waals surface area (Å²) in [6.07, 6.45) is 0. The molecule has 0 spiro atoms. The molecule has 0 aliphatic heterocycles. The summed E-state index contributed by atoms with van der Waals surface area (Å²) < 4.78 is 6.65. The van der Waals surface area contributed by atoms with Gasteiger partial charge in [0.15, 0.2) is 0 Å². The molecule has 0 heterocycles. The molecule has 2 N–H and O–H groups in total. The fourth-order valence-corrected chi connectivity index (χ4v) is 2.33. The molecular weight excluding hydrogens is 343 g/mol. The molecule has 0 unspecified atom stereocenters. The highest BCUT2D eigenvalue weighted by atomic mass is 35.5. The Morgan fingerprint density at radius 3 is 2.09 bits per heavy atom. The fraction of sp³-hybridized carbons (Fsp3) is 0.357. The van der Waals surface area contributed by atoms with Gasteiger partial charge in [-0.25, -0.2) is 4.79 Å². The molecule has 0 radical (unpaired) electrons. The Morgan fingerprint density at radius 2 is 1.70 bits per heavy atom. The van der Waals surface area contributed by atoms with E-state index >= 15 is 0 Å². The number of nitrogens with zero attached hydrogens (tertiary/aromatic N) is 2. The molecule has 7 nitrogen and oxygen atoms in total. The van der Waals surface area contributed by atoms with E-state index in [4.69, 9.17) is 27.9 Å². The van der Waals surface area contributed by atoms with Crippen LogP contribution in [-0.2, 0) is 4.79 Å². The summed E-state index contributed by atoms with van der Waals surface area (Å²) in [5, 5.41) is 5.56. The van der Waals surface area contributed by atoms with E-state index in [2.05, 4.69) is 10.6 Å². The third kappa shape index (κ3) is 5.61. The smallest absolute Gasteiger partial charge is 0.384 e. The predicted octanol–water partition coefficient (Wildman–Crippen LogP) is 2.23. The maximum Gasteiger partial charge on any atom is 0.384 e. The minimum Gasteiger partial charge on any atom is -0.427 e. The molecule has 9 heteroatoms. The molecular formula is C14H19Cl2N4O3+. The molecule has 0 aliphatic carbocycles. The second-order valence-electron chi connectivity index (χ2n) is 5.05. The Kier molecular flexibility index (Phi) is 6.65. The number of carbonyl (C=O) groups excluding carboxylic acids is 2. The van der Waals surface area contributed by atoms with Crippen LogP contribution in [0.15, 0.2) is 12.1 Å². The average Bonchev–Trinajstić information content (AvgIpc) is 2.38. The number of benzene rings is 1. The lowest BCUT2D eigenvalue weighted by molar-refractivity contribution is -0.471. The third-order valence-electron chi connectivity index (χ3n) is 2.59. The molecule has 1 aromatic carbocycles. The highest BCUT2D eigenvalue weighted by Crippen LogP contribution is 2.34. The van der Waals surface area contributed by atoms with E-state index in [9.17, 15) is 9.59 Å². The normalized spacial score (nSPS) is 9.87. The van der Waals surface area contributed by atoms with Gasteiger partial charge in [-0.15, -0.1) is 0 Å². The molecule has 0 fully saturated rings. The molecule has 0 saturated carbocycles. The van der Waals surface area contributed by atoms with Crippen LogP contribution in [0.5, 0.6) is 5.75 Å². The van der Waals surface area contributed by atoms with E-state index in [0.29, 0.717) is 5.96 Å². The molecule has 0 bridgehead atoms. The van der Waals surface area contributed by atoms with Crippen LogP contribution in [0.4, 0.5) is 10.5 Å². The molecule has 0 saturated heterocycles. The van der Waals surface area contributed by atoms with Crippen molar-refractivity contribution in [3.05, 3.63) is 22.2 Å². The van der Waals surface area contributed by atoms with E-state index < -0.39 is 12.0 Å². The maximum absolute atomic E-state index is 12.1. The molecule has 1 rings (SSSR count). The monoisotopic (exact) mass is 361 g/mol. The maximum atomic E-state index is 12.1. The van der Waals surface area contributed by atoms with Crippen molar-refractivity contribution in [2.75, 3.05) is 33.5 Å². The van der Waals surface area contributed by atoms with Gasteiger partial charge in [0.2, 0.25) is 0 Å². The zero-order valence-electron chi connectivity index (χ0n) is 13.5.